The number of fused-ring (bicyclic) bond motifs is 1. The lowest BCUT2D eigenvalue weighted by molar-refractivity contribution is 0.0829. The van der Waals surface area contributed by atoms with Crippen molar-refractivity contribution in [3.05, 3.63) is 70.5 Å². The van der Waals surface area contributed by atoms with Crippen LogP contribution in [0.3, 0.4) is 0 Å². The lowest BCUT2D eigenvalue weighted by atomic mass is 9.87. The van der Waals surface area contributed by atoms with E-state index in [0.717, 1.165) is 17.5 Å². The van der Waals surface area contributed by atoms with E-state index in [0.29, 0.717) is 6.42 Å². The molecule has 0 aromatic heterocycles. The Morgan fingerprint density at radius 1 is 1.11 bits per heavy atom. The van der Waals surface area contributed by atoms with Crippen LogP contribution in [0.15, 0.2) is 42.5 Å². The monoisotopic (exact) mass is 242 g/mol. The lowest BCUT2D eigenvalue weighted by Crippen LogP contribution is -2.23. The van der Waals surface area contributed by atoms with Crippen molar-refractivity contribution in [2.75, 3.05) is 0 Å². The quantitative estimate of drug-likeness (QED) is 0.813. The van der Waals surface area contributed by atoms with Gasteiger partial charge in [-0.15, -0.1) is 0 Å². The minimum atomic E-state index is -0.962. The number of benzene rings is 2. The molecule has 0 fully saturated rings. The SMILES string of the molecule is Cc1ccc2c(c1)CCC2(O)c1ccc(F)cc1. The lowest BCUT2D eigenvalue weighted by Gasteiger charge is -2.24. The Hall–Kier alpha value is -1.67. The van der Waals surface area contributed by atoms with E-state index in [1.54, 1.807) is 12.1 Å². The zero-order valence-corrected chi connectivity index (χ0v) is 10.3. The van der Waals surface area contributed by atoms with Gasteiger partial charge in [-0.2, -0.15) is 0 Å². The van der Waals surface area contributed by atoms with E-state index in [9.17, 15) is 9.50 Å². The van der Waals surface area contributed by atoms with Gasteiger partial charge in [0.15, 0.2) is 0 Å². The highest BCUT2D eigenvalue weighted by molar-refractivity contribution is 5.46. The van der Waals surface area contributed by atoms with Crippen molar-refractivity contribution in [1.82, 2.24) is 0 Å². The van der Waals surface area contributed by atoms with Gasteiger partial charge < -0.3 is 5.11 Å². The summed E-state index contributed by atoms with van der Waals surface area (Å²) in [7, 11) is 0. The van der Waals surface area contributed by atoms with E-state index in [1.165, 1.54) is 23.3 Å². The Balaban J connectivity index is 2.11. The number of hydrogen-bond acceptors (Lipinski definition) is 1. The minimum absolute atomic E-state index is 0.274. The Morgan fingerprint density at radius 3 is 2.56 bits per heavy atom. The molecule has 2 aromatic carbocycles. The summed E-state index contributed by atoms with van der Waals surface area (Å²) < 4.78 is 13.0. The molecule has 1 nitrogen and oxygen atoms in total. The molecular weight excluding hydrogens is 227 g/mol. The molecule has 0 saturated carbocycles. The van der Waals surface area contributed by atoms with Crippen LogP contribution in [0.25, 0.3) is 0 Å². The van der Waals surface area contributed by atoms with Crippen LogP contribution in [0.4, 0.5) is 4.39 Å². The molecule has 0 bridgehead atoms. The fourth-order valence-electron chi connectivity index (χ4n) is 2.81. The molecule has 3 rings (SSSR count). The smallest absolute Gasteiger partial charge is 0.123 e. The number of aliphatic hydroxyl groups is 1. The maximum absolute atomic E-state index is 13.0. The number of halogens is 1. The molecule has 1 aliphatic rings. The van der Waals surface area contributed by atoms with Crippen molar-refractivity contribution in [2.24, 2.45) is 0 Å². The van der Waals surface area contributed by atoms with Crippen molar-refractivity contribution in [2.45, 2.75) is 25.4 Å². The summed E-state index contributed by atoms with van der Waals surface area (Å²) >= 11 is 0. The van der Waals surface area contributed by atoms with Gasteiger partial charge in [-0.25, -0.2) is 4.39 Å². The average molecular weight is 242 g/mol. The normalized spacial score (nSPS) is 21.9. The molecular formula is C16H15FO. The van der Waals surface area contributed by atoms with Crippen molar-refractivity contribution in [3.8, 4) is 0 Å². The third-order valence-electron chi connectivity index (χ3n) is 3.78. The largest absolute Gasteiger partial charge is 0.380 e. The summed E-state index contributed by atoms with van der Waals surface area (Å²) in [6.45, 7) is 2.05. The van der Waals surface area contributed by atoms with E-state index in [1.807, 2.05) is 12.1 Å². The first-order chi connectivity index (χ1) is 8.59. The van der Waals surface area contributed by atoms with E-state index >= 15 is 0 Å². The second-order valence-electron chi connectivity index (χ2n) is 5.03. The van der Waals surface area contributed by atoms with Crippen LogP contribution in [0.5, 0.6) is 0 Å². The maximum atomic E-state index is 13.0. The van der Waals surface area contributed by atoms with Gasteiger partial charge in [-0.1, -0.05) is 35.9 Å². The molecule has 0 saturated heterocycles. The molecule has 1 unspecified atom stereocenters. The van der Waals surface area contributed by atoms with E-state index < -0.39 is 5.60 Å². The van der Waals surface area contributed by atoms with Crippen LogP contribution in [0.2, 0.25) is 0 Å². The first kappa shape index (κ1) is 11.4. The van der Waals surface area contributed by atoms with Gasteiger partial charge in [-0.05, 0) is 48.6 Å². The Labute approximate surface area is 106 Å². The van der Waals surface area contributed by atoms with Gasteiger partial charge in [0.05, 0.1) is 0 Å². The molecule has 1 atom stereocenters. The standard InChI is InChI=1S/C16H15FO/c1-11-2-7-15-12(10-11)8-9-16(15,18)13-3-5-14(17)6-4-13/h2-7,10,18H,8-9H2,1H3. The third kappa shape index (κ3) is 1.65. The molecule has 1 aliphatic carbocycles. The van der Waals surface area contributed by atoms with Crippen molar-refractivity contribution >= 4 is 0 Å². The maximum Gasteiger partial charge on any atom is 0.123 e. The summed E-state index contributed by atoms with van der Waals surface area (Å²) in [5, 5.41) is 10.9. The number of rotatable bonds is 1. The summed E-state index contributed by atoms with van der Waals surface area (Å²) in [6.07, 6.45) is 1.53. The predicted molar refractivity (Wildman–Crippen MR) is 68.9 cm³/mol. The first-order valence-electron chi connectivity index (χ1n) is 6.18. The van der Waals surface area contributed by atoms with Crippen molar-refractivity contribution in [1.29, 1.82) is 0 Å². The molecule has 0 aliphatic heterocycles. The summed E-state index contributed by atoms with van der Waals surface area (Å²) in [5.74, 6) is -0.274. The summed E-state index contributed by atoms with van der Waals surface area (Å²) in [6, 6.07) is 12.3. The molecule has 0 radical (unpaired) electrons. The zero-order chi connectivity index (χ0) is 12.8. The predicted octanol–water partition coefficient (Wildman–Crippen LogP) is 3.32. The highest BCUT2D eigenvalue weighted by atomic mass is 19.1. The van der Waals surface area contributed by atoms with Gasteiger partial charge in [-0.3, -0.25) is 0 Å². The van der Waals surface area contributed by atoms with Gasteiger partial charge in [0, 0.05) is 0 Å². The highest BCUT2D eigenvalue weighted by Gasteiger charge is 2.38. The van der Waals surface area contributed by atoms with E-state index in [-0.39, 0.29) is 5.82 Å². The van der Waals surface area contributed by atoms with E-state index in [2.05, 4.69) is 13.0 Å². The van der Waals surface area contributed by atoms with Gasteiger partial charge in [0.25, 0.3) is 0 Å². The Morgan fingerprint density at radius 2 is 1.83 bits per heavy atom. The zero-order valence-electron chi connectivity index (χ0n) is 10.3. The number of hydrogen-bond donors (Lipinski definition) is 1. The molecule has 92 valence electrons. The van der Waals surface area contributed by atoms with E-state index in [4.69, 9.17) is 0 Å². The molecule has 1 N–H and O–H groups in total. The van der Waals surface area contributed by atoms with Gasteiger partial charge in [0.2, 0.25) is 0 Å². The third-order valence-corrected chi connectivity index (χ3v) is 3.78. The Kier molecular flexibility index (Phi) is 2.49. The first-order valence-corrected chi connectivity index (χ1v) is 6.18. The highest BCUT2D eigenvalue weighted by Crippen LogP contribution is 2.42. The fourth-order valence-corrected chi connectivity index (χ4v) is 2.81. The van der Waals surface area contributed by atoms with Crippen LogP contribution < -0.4 is 0 Å². The summed E-state index contributed by atoms with van der Waals surface area (Å²) in [5.41, 5.74) is 3.17. The van der Waals surface area contributed by atoms with Crippen molar-refractivity contribution < 1.29 is 9.50 Å². The van der Waals surface area contributed by atoms with Gasteiger partial charge >= 0.3 is 0 Å². The number of aryl methyl sites for hydroxylation is 2. The van der Waals surface area contributed by atoms with Crippen LogP contribution in [0.1, 0.15) is 28.7 Å². The molecule has 2 heteroatoms. The van der Waals surface area contributed by atoms with Crippen LogP contribution in [-0.2, 0) is 12.0 Å². The second-order valence-corrected chi connectivity index (χ2v) is 5.03. The topological polar surface area (TPSA) is 20.2 Å². The Bertz CT molecular complexity index is 589. The van der Waals surface area contributed by atoms with Crippen LogP contribution in [0, 0.1) is 12.7 Å². The average Bonchev–Trinajstić information content (AvgIpc) is 2.68. The van der Waals surface area contributed by atoms with Crippen molar-refractivity contribution in [3.63, 3.8) is 0 Å². The van der Waals surface area contributed by atoms with Gasteiger partial charge in [0.1, 0.15) is 11.4 Å². The molecule has 0 amide bonds. The molecule has 0 spiro atoms. The molecule has 18 heavy (non-hydrogen) atoms. The fraction of sp³-hybridized carbons (Fsp3) is 0.250. The van der Waals surface area contributed by atoms with Crippen LogP contribution >= 0.6 is 0 Å². The second kappa shape index (κ2) is 3.92. The van der Waals surface area contributed by atoms with Crippen LogP contribution in [-0.4, -0.2) is 5.11 Å². The molecule has 2 aromatic rings. The summed E-state index contributed by atoms with van der Waals surface area (Å²) in [4.78, 5) is 0. The molecule has 0 heterocycles. The minimum Gasteiger partial charge on any atom is -0.380 e.